The molecule has 0 saturated carbocycles. The Balaban J connectivity index is 1.56. The maximum atomic E-state index is 12.7. The molecule has 1 amide bonds. The summed E-state index contributed by atoms with van der Waals surface area (Å²) >= 11 is 1.65. The Morgan fingerprint density at radius 2 is 2.21 bits per heavy atom. The van der Waals surface area contributed by atoms with Gasteiger partial charge in [0.15, 0.2) is 0 Å². The second kappa shape index (κ2) is 6.58. The number of aliphatic hydroxyl groups excluding tert-OH is 1. The summed E-state index contributed by atoms with van der Waals surface area (Å²) in [6, 6.07) is 1.61. The molecule has 2 aromatic heterocycles. The minimum absolute atomic E-state index is 0.00199. The quantitative estimate of drug-likeness (QED) is 0.845. The third-order valence-corrected chi connectivity index (χ3v) is 5.53. The van der Waals surface area contributed by atoms with Crippen molar-refractivity contribution in [2.75, 3.05) is 19.6 Å². The zero-order valence-electron chi connectivity index (χ0n) is 13.3. The van der Waals surface area contributed by atoms with E-state index in [4.69, 9.17) is 0 Å². The predicted molar refractivity (Wildman–Crippen MR) is 91.7 cm³/mol. The van der Waals surface area contributed by atoms with Gasteiger partial charge in [-0.1, -0.05) is 0 Å². The van der Waals surface area contributed by atoms with Crippen LogP contribution in [0, 0.1) is 0 Å². The highest BCUT2D eigenvalue weighted by atomic mass is 32.1. The fourth-order valence-corrected chi connectivity index (χ4v) is 4.17. The van der Waals surface area contributed by atoms with Crippen LogP contribution in [0.4, 0.5) is 0 Å². The second-order valence-electron chi connectivity index (χ2n) is 6.27. The largest absolute Gasteiger partial charge is 0.391 e. The van der Waals surface area contributed by atoms with Gasteiger partial charge in [-0.2, -0.15) is 11.3 Å². The SMILES string of the molecule is O=C([C@H]1NCC[C@@H]1O)N1CCc2ncnc(-c3ccsc3)c2CC1. The maximum absolute atomic E-state index is 12.7. The van der Waals surface area contributed by atoms with E-state index in [0.29, 0.717) is 26.1 Å². The Morgan fingerprint density at radius 3 is 2.96 bits per heavy atom. The Hall–Kier alpha value is -1.83. The number of rotatable bonds is 2. The Kier molecular flexibility index (Phi) is 4.30. The summed E-state index contributed by atoms with van der Waals surface area (Å²) in [6.07, 6.45) is 3.15. The fourth-order valence-electron chi connectivity index (χ4n) is 3.53. The van der Waals surface area contributed by atoms with E-state index in [1.807, 2.05) is 10.3 Å². The number of fused-ring (bicyclic) bond motifs is 1. The summed E-state index contributed by atoms with van der Waals surface area (Å²) in [5.74, 6) is -0.00199. The first-order valence-electron chi connectivity index (χ1n) is 8.29. The van der Waals surface area contributed by atoms with Crippen LogP contribution in [0.25, 0.3) is 11.3 Å². The van der Waals surface area contributed by atoms with Crippen LogP contribution in [0.2, 0.25) is 0 Å². The van der Waals surface area contributed by atoms with Crippen molar-refractivity contribution in [2.45, 2.75) is 31.4 Å². The van der Waals surface area contributed by atoms with E-state index in [9.17, 15) is 9.90 Å². The lowest BCUT2D eigenvalue weighted by atomic mass is 10.0. The van der Waals surface area contributed by atoms with Crippen LogP contribution in [0.15, 0.2) is 23.2 Å². The van der Waals surface area contributed by atoms with Gasteiger partial charge in [-0.25, -0.2) is 9.97 Å². The molecule has 6 nitrogen and oxygen atoms in total. The molecule has 4 rings (SSSR count). The Morgan fingerprint density at radius 1 is 1.33 bits per heavy atom. The average Bonchev–Trinajstić information content (AvgIpc) is 3.21. The highest BCUT2D eigenvalue weighted by Crippen LogP contribution is 2.27. The lowest BCUT2D eigenvalue weighted by molar-refractivity contribution is -0.135. The van der Waals surface area contributed by atoms with E-state index in [1.165, 1.54) is 0 Å². The lowest BCUT2D eigenvalue weighted by Crippen LogP contribution is -2.48. The van der Waals surface area contributed by atoms with Gasteiger partial charge in [-0.15, -0.1) is 0 Å². The molecule has 0 spiro atoms. The summed E-state index contributed by atoms with van der Waals surface area (Å²) < 4.78 is 0. The Bertz CT molecular complexity index is 734. The normalized spacial score (nSPS) is 23.8. The Labute approximate surface area is 144 Å². The molecule has 2 atom stereocenters. The molecule has 0 bridgehead atoms. The first-order chi connectivity index (χ1) is 11.7. The number of hydrogen-bond acceptors (Lipinski definition) is 6. The van der Waals surface area contributed by atoms with E-state index in [-0.39, 0.29) is 5.91 Å². The number of aliphatic hydroxyl groups is 1. The van der Waals surface area contributed by atoms with Crippen molar-refractivity contribution < 1.29 is 9.90 Å². The molecule has 4 heterocycles. The molecule has 0 aromatic carbocycles. The second-order valence-corrected chi connectivity index (χ2v) is 7.05. The van der Waals surface area contributed by atoms with Crippen LogP contribution in [0.5, 0.6) is 0 Å². The first-order valence-corrected chi connectivity index (χ1v) is 9.24. The molecule has 2 aliphatic heterocycles. The molecule has 24 heavy (non-hydrogen) atoms. The van der Waals surface area contributed by atoms with Crippen molar-refractivity contribution in [1.82, 2.24) is 20.2 Å². The molecule has 0 unspecified atom stereocenters. The number of hydrogen-bond donors (Lipinski definition) is 2. The monoisotopic (exact) mass is 344 g/mol. The van der Waals surface area contributed by atoms with E-state index in [0.717, 1.165) is 35.4 Å². The van der Waals surface area contributed by atoms with Crippen molar-refractivity contribution >= 4 is 17.2 Å². The zero-order chi connectivity index (χ0) is 16.5. The number of amides is 1. The topological polar surface area (TPSA) is 78.4 Å². The number of nitrogens with zero attached hydrogens (tertiary/aromatic N) is 3. The van der Waals surface area contributed by atoms with Gasteiger partial charge < -0.3 is 15.3 Å². The van der Waals surface area contributed by atoms with Crippen LogP contribution < -0.4 is 5.32 Å². The van der Waals surface area contributed by atoms with E-state index >= 15 is 0 Å². The van der Waals surface area contributed by atoms with Gasteiger partial charge in [-0.05, 0) is 30.8 Å². The molecular formula is C17H20N4O2S. The highest BCUT2D eigenvalue weighted by molar-refractivity contribution is 7.08. The summed E-state index contributed by atoms with van der Waals surface area (Å²) in [5, 5.41) is 17.2. The van der Waals surface area contributed by atoms with Gasteiger partial charge in [0.25, 0.3) is 0 Å². The van der Waals surface area contributed by atoms with Crippen LogP contribution in [-0.4, -0.2) is 57.7 Å². The van der Waals surface area contributed by atoms with Gasteiger partial charge in [0.1, 0.15) is 12.4 Å². The van der Waals surface area contributed by atoms with Crippen molar-refractivity contribution in [3.63, 3.8) is 0 Å². The molecular weight excluding hydrogens is 324 g/mol. The average molecular weight is 344 g/mol. The minimum Gasteiger partial charge on any atom is -0.391 e. The number of thiophene rings is 1. The first kappa shape index (κ1) is 15.7. The van der Waals surface area contributed by atoms with Crippen molar-refractivity contribution in [3.8, 4) is 11.3 Å². The number of carbonyl (C=O) groups is 1. The molecule has 0 radical (unpaired) electrons. The molecule has 2 aliphatic rings. The fraction of sp³-hybridized carbons (Fsp3) is 0.471. The number of aromatic nitrogens is 2. The van der Waals surface area contributed by atoms with E-state index < -0.39 is 12.1 Å². The smallest absolute Gasteiger partial charge is 0.242 e. The summed E-state index contributed by atoms with van der Waals surface area (Å²) in [5.41, 5.74) is 4.27. The standard InChI is InChI=1S/C17H20N4O2S/c22-14-1-5-18-16(14)17(23)21-6-2-12-13(3-7-21)19-10-20-15(12)11-4-8-24-9-11/h4,8-10,14,16,18,22H,1-3,5-7H2/t14-,16-/m0/s1. The van der Waals surface area contributed by atoms with Crippen LogP contribution >= 0.6 is 11.3 Å². The zero-order valence-corrected chi connectivity index (χ0v) is 14.1. The molecule has 2 aromatic rings. The van der Waals surface area contributed by atoms with Gasteiger partial charge in [-0.3, -0.25) is 4.79 Å². The molecule has 7 heteroatoms. The van der Waals surface area contributed by atoms with Gasteiger partial charge >= 0.3 is 0 Å². The third kappa shape index (κ3) is 2.83. The van der Waals surface area contributed by atoms with Gasteiger partial charge in [0, 0.05) is 41.7 Å². The number of nitrogens with one attached hydrogen (secondary N) is 1. The summed E-state index contributed by atoms with van der Waals surface area (Å²) in [4.78, 5) is 23.5. The van der Waals surface area contributed by atoms with Crippen LogP contribution in [0.1, 0.15) is 17.7 Å². The number of carbonyl (C=O) groups excluding carboxylic acids is 1. The van der Waals surface area contributed by atoms with Gasteiger partial charge in [0.05, 0.1) is 11.8 Å². The van der Waals surface area contributed by atoms with E-state index in [1.54, 1.807) is 17.7 Å². The molecule has 2 N–H and O–H groups in total. The lowest BCUT2D eigenvalue weighted by Gasteiger charge is -2.25. The summed E-state index contributed by atoms with van der Waals surface area (Å²) in [6.45, 7) is 1.97. The van der Waals surface area contributed by atoms with Crippen LogP contribution in [-0.2, 0) is 17.6 Å². The third-order valence-electron chi connectivity index (χ3n) is 4.85. The van der Waals surface area contributed by atoms with Gasteiger partial charge in [0.2, 0.25) is 5.91 Å². The molecule has 126 valence electrons. The molecule has 1 fully saturated rings. The predicted octanol–water partition coefficient (Wildman–Crippen LogP) is 0.855. The van der Waals surface area contributed by atoms with Crippen molar-refractivity contribution in [3.05, 3.63) is 34.4 Å². The highest BCUT2D eigenvalue weighted by Gasteiger charge is 2.34. The van der Waals surface area contributed by atoms with Crippen molar-refractivity contribution in [2.24, 2.45) is 0 Å². The summed E-state index contributed by atoms with van der Waals surface area (Å²) in [7, 11) is 0. The van der Waals surface area contributed by atoms with Crippen molar-refractivity contribution in [1.29, 1.82) is 0 Å². The minimum atomic E-state index is -0.579. The van der Waals surface area contributed by atoms with Crippen LogP contribution in [0.3, 0.4) is 0 Å². The molecule has 0 aliphatic carbocycles. The maximum Gasteiger partial charge on any atom is 0.242 e. The molecule has 1 saturated heterocycles. The van der Waals surface area contributed by atoms with E-state index in [2.05, 4.69) is 26.7 Å².